The van der Waals surface area contributed by atoms with Crippen LogP contribution in [-0.2, 0) is 0 Å². The Morgan fingerprint density at radius 3 is 2.93 bits per heavy atom. The van der Waals surface area contributed by atoms with Crippen molar-refractivity contribution in [1.29, 1.82) is 5.41 Å². The minimum Gasteiger partial charge on any atom is -0.409 e. The summed E-state index contributed by atoms with van der Waals surface area (Å²) in [6, 6.07) is 4.43. The Kier molecular flexibility index (Phi) is 6.07. The van der Waals surface area contributed by atoms with Crippen molar-refractivity contribution in [3.05, 3.63) is 29.7 Å². The number of amidine groups is 1. The molecule has 148 valence electrons. The van der Waals surface area contributed by atoms with Crippen LogP contribution in [0.5, 0.6) is 0 Å². The summed E-state index contributed by atoms with van der Waals surface area (Å²) < 4.78 is 18.2. The number of oxime groups is 1. The number of aromatic nitrogens is 2. The molecule has 1 aromatic carbocycles. The summed E-state index contributed by atoms with van der Waals surface area (Å²) in [5, 5.41) is 37.5. The van der Waals surface area contributed by atoms with Gasteiger partial charge in [0, 0.05) is 23.5 Å². The summed E-state index contributed by atoms with van der Waals surface area (Å²) in [5.41, 5.74) is 1.29. The van der Waals surface area contributed by atoms with Crippen molar-refractivity contribution in [2.24, 2.45) is 5.16 Å². The number of rotatable bonds is 7. The van der Waals surface area contributed by atoms with Gasteiger partial charge in [-0.3, -0.25) is 5.41 Å². The highest BCUT2D eigenvalue weighted by molar-refractivity contribution is 7.99. The fourth-order valence-corrected chi connectivity index (χ4v) is 3.15. The molecule has 1 saturated carbocycles. The highest BCUT2D eigenvalue weighted by Crippen LogP contribution is 2.33. The largest absolute Gasteiger partial charge is 0.409 e. The van der Waals surface area contributed by atoms with E-state index in [1.54, 1.807) is 13.9 Å². The van der Waals surface area contributed by atoms with Gasteiger partial charge in [0.15, 0.2) is 16.7 Å². The maximum absolute atomic E-state index is 13.4. The van der Waals surface area contributed by atoms with Crippen molar-refractivity contribution in [3.63, 3.8) is 0 Å². The van der Waals surface area contributed by atoms with E-state index in [4.69, 9.17) is 10.0 Å². The molecule has 1 heterocycles. The van der Waals surface area contributed by atoms with Gasteiger partial charge in [0.05, 0.1) is 0 Å². The van der Waals surface area contributed by atoms with Gasteiger partial charge >= 0.3 is 0 Å². The minimum atomic E-state index is -0.323. The molecule has 28 heavy (non-hydrogen) atoms. The summed E-state index contributed by atoms with van der Waals surface area (Å²) in [6.45, 7) is 2.62. The third kappa shape index (κ3) is 5.15. The number of anilines is 1. The molecule has 0 aliphatic heterocycles. The second-order valence-corrected chi connectivity index (χ2v) is 7.88. The van der Waals surface area contributed by atoms with E-state index in [2.05, 4.69) is 38.3 Å². The molecule has 5 N–H and O–H groups in total. The lowest BCUT2D eigenvalue weighted by molar-refractivity contribution is 0.297. The number of benzene rings is 1. The maximum Gasteiger partial charge on any atom is 0.202 e. The Bertz CT molecular complexity index is 888. The average molecular weight is 405 g/mol. The van der Waals surface area contributed by atoms with E-state index >= 15 is 0 Å². The number of hydrogen-bond donors (Lipinski definition) is 5. The summed E-state index contributed by atoms with van der Waals surface area (Å²) in [6.07, 6.45) is 2.15. The molecular weight excluding hydrogens is 384 g/mol. The van der Waals surface area contributed by atoms with Crippen molar-refractivity contribution < 1.29 is 14.2 Å². The van der Waals surface area contributed by atoms with Crippen molar-refractivity contribution in [2.45, 2.75) is 30.3 Å². The summed E-state index contributed by atoms with van der Waals surface area (Å²) in [7, 11) is 1.64. The number of nitrogens with zero attached hydrogens (tertiary/aromatic N) is 3. The first-order chi connectivity index (χ1) is 13.4. The van der Waals surface area contributed by atoms with E-state index in [0.29, 0.717) is 34.4 Å². The zero-order valence-electron chi connectivity index (χ0n) is 15.5. The number of halogens is 1. The molecule has 0 spiro atoms. The fraction of sp³-hybridized carbons (Fsp3) is 0.375. The van der Waals surface area contributed by atoms with Crippen LogP contribution in [0.4, 0.5) is 10.1 Å². The SMILES string of the molecule is Bc1cc(N/C(=N\O)c2nonc2SCCNC(=N)NC2(C)CC2)ccc1F. The van der Waals surface area contributed by atoms with Crippen LogP contribution >= 0.6 is 11.8 Å². The number of thioether (sulfide) groups is 1. The summed E-state index contributed by atoms with van der Waals surface area (Å²) >= 11 is 1.34. The molecule has 0 radical (unpaired) electrons. The van der Waals surface area contributed by atoms with E-state index < -0.39 is 0 Å². The molecule has 0 unspecified atom stereocenters. The predicted octanol–water partition coefficient (Wildman–Crippen LogP) is 0.474. The van der Waals surface area contributed by atoms with Gasteiger partial charge in [0.2, 0.25) is 5.84 Å². The van der Waals surface area contributed by atoms with E-state index in [9.17, 15) is 9.60 Å². The maximum atomic E-state index is 13.4. The second kappa shape index (κ2) is 8.51. The molecule has 1 aliphatic carbocycles. The Balaban J connectivity index is 1.54. The first-order valence-electron chi connectivity index (χ1n) is 8.72. The van der Waals surface area contributed by atoms with Gasteiger partial charge in [0.1, 0.15) is 13.7 Å². The van der Waals surface area contributed by atoms with Crippen molar-refractivity contribution in [3.8, 4) is 0 Å². The second-order valence-electron chi connectivity index (χ2n) is 6.79. The standard InChI is InChI=1S/C16H21BFN7O2S/c1-16(4-5-16)22-15(19)20-6-7-28-14-12(24-27-25-14)13(23-26)21-9-2-3-11(18)10(17)8-9/h2-3,8,26H,4-7,17H2,1H3,(H,21,23)(H3,19,20,22). The van der Waals surface area contributed by atoms with Crippen LogP contribution in [0.25, 0.3) is 0 Å². The first-order valence-corrected chi connectivity index (χ1v) is 9.70. The van der Waals surface area contributed by atoms with Gasteiger partial charge in [-0.25, -0.2) is 9.02 Å². The molecule has 12 heteroatoms. The molecule has 1 aliphatic rings. The number of guanidine groups is 1. The van der Waals surface area contributed by atoms with Crippen LogP contribution in [0, 0.1) is 11.2 Å². The highest BCUT2D eigenvalue weighted by atomic mass is 32.2. The van der Waals surface area contributed by atoms with Crippen molar-refractivity contribution >= 4 is 42.6 Å². The lowest BCUT2D eigenvalue weighted by Crippen LogP contribution is -2.43. The number of hydrogen-bond acceptors (Lipinski definition) is 7. The zero-order chi connectivity index (χ0) is 20.1. The normalized spacial score (nSPS) is 15.1. The Labute approximate surface area is 166 Å². The topological polar surface area (TPSA) is 131 Å². The third-order valence-corrected chi connectivity index (χ3v) is 5.22. The van der Waals surface area contributed by atoms with Crippen LogP contribution in [0.15, 0.2) is 33.0 Å². The van der Waals surface area contributed by atoms with Crippen LogP contribution in [0.1, 0.15) is 25.5 Å². The van der Waals surface area contributed by atoms with E-state index in [1.807, 2.05) is 0 Å². The molecule has 0 amide bonds. The lowest BCUT2D eigenvalue weighted by atomic mass is 9.95. The highest BCUT2D eigenvalue weighted by Gasteiger charge is 2.37. The zero-order valence-corrected chi connectivity index (χ0v) is 16.4. The lowest BCUT2D eigenvalue weighted by Gasteiger charge is -2.15. The summed E-state index contributed by atoms with van der Waals surface area (Å²) in [5.74, 6) is 0.607. The molecule has 1 aromatic heterocycles. The summed E-state index contributed by atoms with van der Waals surface area (Å²) in [4.78, 5) is 0. The molecule has 3 rings (SSSR count). The molecule has 0 atom stereocenters. The molecule has 2 aromatic rings. The third-order valence-electron chi connectivity index (χ3n) is 4.27. The molecule has 9 nitrogen and oxygen atoms in total. The minimum absolute atomic E-state index is 0.0405. The monoisotopic (exact) mass is 405 g/mol. The van der Waals surface area contributed by atoms with Gasteiger partial charge in [-0.15, -0.1) is 0 Å². The molecule has 0 saturated heterocycles. The molecule has 0 bridgehead atoms. The smallest absolute Gasteiger partial charge is 0.202 e. The molecular formula is C16H21BFN7O2S. The quantitative estimate of drug-likeness (QED) is 0.0855. The fourth-order valence-electron chi connectivity index (χ4n) is 2.39. The van der Waals surface area contributed by atoms with Crippen LogP contribution in [0.3, 0.4) is 0 Å². The predicted molar refractivity (Wildman–Crippen MR) is 108 cm³/mol. The van der Waals surface area contributed by atoms with E-state index in [0.717, 1.165) is 12.8 Å². The van der Waals surface area contributed by atoms with Gasteiger partial charge in [0.25, 0.3) is 0 Å². The Morgan fingerprint density at radius 1 is 1.46 bits per heavy atom. The van der Waals surface area contributed by atoms with Crippen LogP contribution in [0.2, 0.25) is 0 Å². The van der Waals surface area contributed by atoms with Crippen molar-refractivity contribution in [1.82, 2.24) is 20.9 Å². The van der Waals surface area contributed by atoms with Gasteiger partial charge in [-0.2, -0.15) is 0 Å². The van der Waals surface area contributed by atoms with E-state index in [1.165, 1.54) is 23.9 Å². The first kappa shape index (κ1) is 20.0. The Hall–Kier alpha value is -2.76. The number of nitrogens with one attached hydrogen (secondary N) is 4. The Morgan fingerprint density at radius 2 is 2.25 bits per heavy atom. The van der Waals surface area contributed by atoms with Gasteiger partial charge in [-0.1, -0.05) is 22.4 Å². The van der Waals surface area contributed by atoms with Crippen molar-refractivity contribution in [2.75, 3.05) is 17.6 Å². The van der Waals surface area contributed by atoms with Gasteiger partial charge in [-0.05, 0) is 48.3 Å². The van der Waals surface area contributed by atoms with Crippen LogP contribution in [-0.4, -0.2) is 53.0 Å². The van der Waals surface area contributed by atoms with Crippen LogP contribution < -0.4 is 21.4 Å². The molecule has 1 fully saturated rings. The van der Waals surface area contributed by atoms with E-state index in [-0.39, 0.29) is 22.9 Å². The average Bonchev–Trinajstić information content (AvgIpc) is 3.20. The van der Waals surface area contributed by atoms with Gasteiger partial charge < -0.3 is 21.2 Å².